The Kier molecular flexibility index (Phi) is 53.6. The number of quaternary nitrogens is 1. The summed E-state index contributed by atoms with van der Waals surface area (Å²) in [7, 11) is 5.96. The van der Waals surface area contributed by atoms with Crippen LogP contribution in [0.15, 0.2) is 97.2 Å². The molecule has 0 aromatic rings. The van der Waals surface area contributed by atoms with Gasteiger partial charge in [0, 0.05) is 12.8 Å². The predicted octanol–water partition coefficient (Wildman–Crippen LogP) is 18.1. The highest BCUT2D eigenvalue weighted by atomic mass is 16.7. The number of hydrogen-bond acceptors (Lipinski definition) is 7. The molecular formula is C66H114NO8+. The quantitative estimate of drug-likeness (QED) is 0.0211. The van der Waals surface area contributed by atoms with E-state index >= 15 is 0 Å². The number of unbranched alkanes of at least 4 members (excludes halogenated alkanes) is 24. The number of carbonyl (C=O) groups is 3. The average Bonchev–Trinajstić information content (AvgIpc) is 3.38. The molecule has 2 unspecified atom stereocenters. The van der Waals surface area contributed by atoms with Crippen molar-refractivity contribution in [2.45, 2.75) is 257 Å². The van der Waals surface area contributed by atoms with Crippen molar-refractivity contribution in [1.29, 1.82) is 0 Å². The Bertz CT molecular complexity index is 1550. The number of ether oxygens (including phenoxy) is 4. The molecule has 0 heterocycles. The van der Waals surface area contributed by atoms with Crippen LogP contribution in [0, 0.1) is 0 Å². The minimum atomic E-state index is -1.52. The molecule has 2 atom stereocenters. The Hall–Kier alpha value is -3.79. The van der Waals surface area contributed by atoms with Gasteiger partial charge in [-0.1, -0.05) is 233 Å². The average molecular weight is 1050 g/mol. The van der Waals surface area contributed by atoms with Gasteiger partial charge in [0.2, 0.25) is 0 Å². The van der Waals surface area contributed by atoms with E-state index in [4.69, 9.17) is 18.9 Å². The smallest absolute Gasteiger partial charge is 0.361 e. The van der Waals surface area contributed by atoms with E-state index in [1.165, 1.54) is 116 Å². The number of nitrogens with zero attached hydrogens (tertiary/aromatic N) is 1. The number of hydrogen-bond donors (Lipinski definition) is 1. The summed E-state index contributed by atoms with van der Waals surface area (Å²) in [6.07, 6.45) is 73.4. The first-order chi connectivity index (χ1) is 36.6. The molecule has 0 aliphatic rings. The molecule has 1 N–H and O–H groups in total. The normalized spacial score (nSPS) is 13.5. The van der Waals surface area contributed by atoms with Crippen molar-refractivity contribution in [1.82, 2.24) is 0 Å². The predicted molar refractivity (Wildman–Crippen MR) is 318 cm³/mol. The highest BCUT2D eigenvalue weighted by Gasteiger charge is 2.25. The maximum atomic E-state index is 12.9. The summed E-state index contributed by atoms with van der Waals surface area (Å²) in [5, 5.41) is 9.71. The lowest BCUT2D eigenvalue weighted by Gasteiger charge is -2.25. The molecule has 9 nitrogen and oxygen atoms in total. The molecule has 0 aliphatic heterocycles. The summed E-state index contributed by atoms with van der Waals surface area (Å²) in [6, 6.07) is 0. The second-order valence-corrected chi connectivity index (χ2v) is 21.3. The van der Waals surface area contributed by atoms with Crippen LogP contribution in [-0.4, -0.2) is 87.4 Å². The molecule has 0 fully saturated rings. The van der Waals surface area contributed by atoms with Crippen LogP contribution in [0.25, 0.3) is 0 Å². The molecule has 0 saturated heterocycles. The standard InChI is InChI=1S/C66H113NO8/c1-6-8-10-12-14-16-18-20-22-24-26-28-29-30-31-32-33-34-35-37-39-41-43-45-47-49-51-53-55-57-64(69)75-62(61-74-66(65(70)71)72-59-58-67(3,4)5)60-73-63(68)56-54-52-50-48-46-44-42-40-38-36-27-25-23-21-19-17-15-13-11-9-7-2/h8,10,14,16,19-22,25-28,30-31,38,40,62,66H,6-7,9,11-13,15,17-18,23-24,29,32-37,39,41-61H2,1-5H3/p+1/b10-8-,16-14-,21-19-,22-20-,27-25-,28-26-,31-30-,40-38-. The third kappa shape index (κ3) is 57.7. The van der Waals surface area contributed by atoms with Crippen LogP contribution in [0.3, 0.4) is 0 Å². The highest BCUT2D eigenvalue weighted by Crippen LogP contribution is 2.16. The maximum Gasteiger partial charge on any atom is 0.361 e. The first-order valence-electron chi connectivity index (χ1n) is 30.4. The van der Waals surface area contributed by atoms with Gasteiger partial charge >= 0.3 is 17.9 Å². The van der Waals surface area contributed by atoms with Crippen molar-refractivity contribution in [2.75, 3.05) is 47.5 Å². The van der Waals surface area contributed by atoms with Gasteiger partial charge in [0.25, 0.3) is 6.29 Å². The zero-order valence-electron chi connectivity index (χ0n) is 48.9. The van der Waals surface area contributed by atoms with Gasteiger partial charge in [-0.3, -0.25) is 9.59 Å². The maximum absolute atomic E-state index is 12.9. The summed E-state index contributed by atoms with van der Waals surface area (Å²) in [5.74, 6) is -2.03. The first kappa shape index (κ1) is 71.2. The van der Waals surface area contributed by atoms with Crippen LogP contribution in [0.2, 0.25) is 0 Å². The Labute approximate surface area is 461 Å². The van der Waals surface area contributed by atoms with Crippen LogP contribution in [0.1, 0.15) is 245 Å². The van der Waals surface area contributed by atoms with E-state index in [0.717, 1.165) is 96.3 Å². The highest BCUT2D eigenvalue weighted by molar-refractivity contribution is 5.71. The number of allylic oxidation sites excluding steroid dienone is 16. The zero-order valence-corrected chi connectivity index (χ0v) is 48.9. The van der Waals surface area contributed by atoms with Gasteiger partial charge in [-0.05, 0) is 96.3 Å². The van der Waals surface area contributed by atoms with E-state index in [-0.39, 0.29) is 38.6 Å². The molecule has 9 heteroatoms. The molecule has 430 valence electrons. The Morgan fingerprint density at radius 1 is 0.413 bits per heavy atom. The van der Waals surface area contributed by atoms with Crippen molar-refractivity contribution in [3.8, 4) is 0 Å². The SMILES string of the molecule is CC/C=C\C/C=C\C/C=C\C/C=C\C/C=C\CCCCCCCCCCCCCCCC(=O)OC(COC(=O)CCCCCCCC/C=C\C/C=C\C/C=C\CCCCCCC)COC(OCC[N+](C)(C)C)C(=O)O. The second-order valence-electron chi connectivity index (χ2n) is 21.3. The number of aliphatic carboxylic acids is 1. The molecule has 0 aromatic carbocycles. The summed E-state index contributed by atoms with van der Waals surface area (Å²) in [5.41, 5.74) is 0. The fourth-order valence-electron chi connectivity index (χ4n) is 8.16. The van der Waals surface area contributed by atoms with Crippen molar-refractivity contribution >= 4 is 17.9 Å². The molecule has 0 aromatic heterocycles. The topological polar surface area (TPSA) is 108 Å². The molecule has 0 spiro atoms. The number of carbonyl (C=O) groups excluding carboxylic acids is 2. The van der Waals surface area contributed by atoms with E-state index in [0.29, 0.717) is 17.4 Å². The molecule has 0 saturated carbocycles. The minimum absolute atomic E-state index is 0.181. The summed E-state index contributed by atoms with van der Waals surface area (Å²) < 4.78 is 22.9. The van der Waals surface area contributed by atoms with E-state index in [1.54, 1.807) is 0 Å². The van der Waals surface area contributed by atoms with Gasteiger partial charge in [0.1, 0.15) is 13.2 Å². The summed E-state index contributed by atoms with van der Waals surface area (Å²) in [4.78, 5) is 37.5. The first-order valence-corrected chi connectivity index (χ1v) is 30.4. The number of rotatable bonds is 55. The van der Waals surface area contributed by atoms with Gasteiger partial charge in [-0.2, -0.15) is 0 Å². The molecule has 75 heavy (non-hydrogen) atoms. The number of esters is 2. The molecule has 0 bridgehead atoms. The van der Waals surface area contributed by atoms with Gasteiger partial charge in [0.15, 0.2) is 6.10 Å². The number of carboxylic acids is 1. The Morgan fingerprint density at radius 2 is 0.760 bits per heavy atom. The van der Waals surface area contributed by atoms with Crippen molar-refractivity contribution < 1.29 is 42.9 Å². The summed E-state index contributed by atoms with van der Waals surface area (Å²) >= 11 is 0. The molecule has 0 amide bonds. The number of carboxylic acid groups (broad SMARTS) is 1. The third-order valence-corrected chi connectivity index (χ3v) is 12.8. The van der Waals surface area contributed by atoms with Gasteiger partial charge in [0.05, 0.1) is 34.4 Å². The van der Waals surface area contributed by atoms with Crippen LogP contribution in [-0.2, 0) is 33.3 Å². The second kappa shape index (κ2) is 56.4. The molecule has 0 radical (unpaired) electrons. The van der Waals surface area contributed by atoms with E-state index < -0.39 is 24.3 Å². The van der Waals surface area contributed by atoms with E-state index in [2.05, 4.69) is 111 Å². The zero-order chi connectivity index (χ0) is 54.8. The van der Waals surface area contributed by atoms with Gasteiger partial charge in [-0.15, -0.1) is 0 Å². The fourth-order valence-corrected chi connectivity index (χ4v) is 8.16. The van der Waals surface area contributed by atoms with Crippen LogP contribution >= 0.6 is 0 Å². The van der Waals surface area contributed by atoms with Crippen LogP contribution < -0.4 is 0 Å². The fraction of sp³-hybridized carbons (Fsp3) is 0.712. The van der Waals surface area contributed by atoms with Gasteiger partial charge in [-0.25, -0.2) is 4.79 Å². The van der Waals surface area contributed by atoms with Crippen molar-refractivity contribution in [3.63, 3.8) is 0 Å². The van der Waals surface area contributed by atoms with E-state index in [1.807, 2.05) is 21.1 Å². The number of likely N-dealkylation sites (N-methyl/N-ethyl adjacent to an activating group) is 1. The third-order valence-electron chi connectivity index (χ3n) is 12.8. The van der Waals surface area contributed by atoms with Crippen LogP contribution in [0.5, 0.6) is 0 Å². The Morgan fingerprint density at radius 3 is 1.13 bits per heavy atom. The largest absolute Gasteiger partial charge is 0.477 e. The lowest BCUT2D eigenvalue weighted by molar-refractivity contribution is -0.870. The van der Waals surface area contributed by atoms with Crippen molar-refractivity contribution in [2.24, 2.45) is 0 Å². The molecular weight excluding hydrogens is 935 g/mol. The molecule has 0 aliphatic carbocycles. The minimum Gasteiger partial charge on any atom is -0.477 e. The van der Waals surface area contributed by atoms with E-state index in [9.17, 15) is 19.5 Å². The monoisotopic (exact) mass is 1050 g/mol. The van der Waals surface area contributed by atoms with Crippen LogP contribution in [0.4, 0.5) is 0 Å². The Balaban J connectivity index is 4.24. The van der Waals surface area contributed by atoms with Crippen molar-refractivity contribution in [3.05, 3.63) is 97.2 Å². The molecule has 0 rings (SSSR count). The lowest BCUT2D eigenvalue weighted by Crippen LogP contribution is -2.40. The summed E-state index contributed by atoms with van der Waals surface area (Å²) in [6.45, 7) is 4.74. The lowest BCUT2D eigenvalue weighted by atomic mass is 10.0. The van der Waals surface area contributed by atoms with Gasteiger partial charge < -0.3 is 28.5 Å².